The van der Waals surface area contributed by atoms with Gasteiger partial charge in [0.05, 0.1) is 11.9 Å². The first-order valence-corrected chi connectivity index (χ1v) is 15.2. The molecule has 42 heavy (non-hydrogen) atoms. The van der Waals surface area contributed by atoms with E-state index in [0.29, 0.717) is 46.3 Å². The van der Waals surface area contributed by atoms with Gasteiger partial charge in [-0.1, -0.05) is 49.6 Å². The first-order valence-electron chi connectivity index (χ1n) is 14.8. The van der Waals surface area contributed by atoms with Crippen molar-refractivity contribution in [1.82, 2.24) is 19.4 Å². The molecule has 7 nitrogen and oxygen atoms in total. The fourth-order valence-electron chi connectivity index (χ4n) is 6.97. The lowest BCUT2D eigenvalue weighted by Gasteiger charge is -2.47. The van der Waals surface area contributed by atoms with Gasteiger partial charge in [0, 0.05) is 48.1 Å². The van der Waals surface area contributed by atoms with Gasteiger partial charge in [-0.15, -0.1) is 0 Å². The van der Waals surface area contributed by atoms with Gasteiger partial charge < -0.3 is 14.8 Å². The van der Waals surface area contributed by atoms with E-state index in [0.717, 1.165) is 30.5 Å². The number of aryl methyl sites for hydroxylation is 1. The third-order valence-electron chi connectivity index (χ3n) is 9.20. The summed E-state index contributed by atoms with van der Waals surface area (Å²) in [5, 5.41) is 3.29. The van der Waals surface area contributed by atoms with Gasteiger partial charge in [-0.05, 0) is 91.5 Å². The number of imidazole rings is 1. The van der Waals surface area contributed by atoms with Crippen molar-refractivity contribution in [3.05, 3.63) is 107 Å². The zero-order chi connectivity index (χ0) is 29.2. The van der Waals surface area contributed by atoms with Crippen molar-refractivity contribution in [1.29, 1.82) is 0 Å². The van der Waals surface area contributed by atoms with Crippen LogP contribution in [0, 0.1) is 18.8 Å². The van der Waals surface area contributed by atoms with Gasteiger partial charge in [0.2, 0.25) is 0 Å². The maximum atomic E-state index is 14.2. The average molecular weight is 582 g/mol. The molecule has 1 saturated carbocycles. The highest BCUT2D eigenvalue weighted by molar-refractivity contribution is 6.29. The summed E-state index contributed by atoms with van der Waals surface area (Å²) in [6, 6.07) is 17.8. The minimum Gasteiger partial charge on any atom is -0.335 e. The van der Waals surface area contributed by atoms with Gasteiger partial charge in [0.15, 0.2) is 0 Å². The summed E-state index contributed by atoms with van der Waals surface area (Å²) >= 11 is 5.88. The second kappa shape index (κ2) is 12.1. The number of nitrogens with zero attached hydrogens (tertiary/aromatic N) is 4. The normalized spacial score (nSPS) is 20.9. The van der Waals surface area contributed by atoms with Gasteiger partial charge in [-0.25, -0.2) is 9.97 Å². The number of carbonyl (C=O) groups is 2. The predicted octanol–water partition coefficient (Wildman–Crippen LogP) is 7.31. The molecule has 6 rings (SSSR count). The van der Waals surface area contributed by atoms with Crippen molar-refractivity contribution < 1.29 is 9.59 Å². The zero-order valence-corrected chi connectivity index (χ0v) is 24.8. The van der Waals surface area contributed by atoms with E-state index in [9.17, 15) is 9.59 Å². The highest BCUT2D eigenvalue weighted by Crippen LogP contribution is 2.44. The number of piperidine rings is 1. The first kappa shape index (κ1) is 28.2. The van der Waals surface area contributed by atoms with Gasteiger partial charge in [-0.2, -0.15) is 0 Å². The van der Waals surface area contributed by atoms with Crippen molar-refractivity contribution in [2.24, 2.45) is 11.8 Å². The number of hydrogen-bond donors (Lipinski definition) is 1. The van der Waals surface area contributed by atoms with E-state index < -0.39 is 0 Å². The molecule has 2 fully saturated rings. The van der Waals surface area contributed by atoms with Gasteiger partial charge >= 0.3 is 0 Å². The maximum Gasteiger partial charge on any atom is 0.257 e. The van der Waals surface area contributed by atoms with Crippen LogP contribution in [0.15, 0.2) is 79.5 Å². The predicted molar refractivity (Wildman–Crippen MR) is 165 cm³/mol. The fraction of sp³-hybridized carbons (Fsp3) is 0.353. The largest absolute Gasteiger partial charge is 0.335 e. The van der Waals surface area contributed by atoms with E-state index >= 15 is 0 Å². The zero-order valence-electron chi connectivity index (χ0n) is 24.0. The first-order chi connectivity index (χ1) is 20.4. The summed E-state index contributed by atoms with van der Waals surface area (Å²) in [5.74, 6) is 0.962. The SMILES string of the molecule is Cc1ccc(C(=O)N2CC[C@H](c3ccc(-n4ccnc4)cc3)[C@H](C)C2C2CCCC2)cc1NC(=O)c1ccc(Cl)nc1. The number of hydrogen-bond acceptors (Lipinski definition) is 4. The quantitative estimate of drug-likeness (QED) is 0.242. The molecule has 1 aliphatic carbocycles. The van der Waals surface area contributed by atoms with Crippen LogP contribution in [-0.2, 0) is 0 Å². The van der Waals surface area contributed by atoms with Crippen molar-refractivity contribution in [3.8, 4) is 5.69 Å². The van der Waals surface area contributed by atoms with Crippen molar-refractivity contribution in [2.75, 3.05) is 11.9 Å². The Morgan fingerprint density at radius 1 is 0.976 bits per heavy atom. The number of pyridine rings is 1. The molecule has 1 aliphatic heterocycles. The molecule has 8 heteroatoms. The summed E-state index contributed by atoms with van der Waals surface area (Å²) in [6.07, 6.45) is 12.7. The van der Waals surface area contributed by atoms with Crippen LogP contribution in [0.3, 0.4) is 0 Å². The van der Waals surface area contributed by atoms with E-state index in [1.165, 1.54) is 24.6 Å². The minimum absolute atomic E-state index is 0.0383. The maximum absolute atomic E-state index is 14.2. The molecule has 0 bridgehead atoms. The standard InChI is InChI=1S/C34H36ClN5O2/c1-22-7-8-26(19-30(22)38-33(41)27-11-14-31(35)37-20-27)34(42)40-17-15-29(23(2)32(40)25-5-3-4-6-25)24-9-12-28(13-10-24)39-18-16-36-21-39/h7-14,16,18-21,23,25,29,32H,3-6,15,17H2,1-2H3,(H,38,41)/t23-,29-,32?/m0/s1. The molecule has 0 radical (unpaired) electrons. The molecule has 1 N–H and O–H groups in total. The molecule has 2 aromatic heterocycles. The number of likely N-dealkylation sites (tertiary alicyclic amines) is 1. The average Bonchev–Trinajstić information content (AvgIpc) is 3.74. The Morgan fingerprint density at radius 2 is 1.74 bits per heavy atom. The van der Waals surface area contributed by atoms with Gasteiger partial charge in [-0.3, -0.25) is 9.59 Å². The molecule has 2 amide bonds. The number of amides is 2. The number of nitrogens with one attached hydrogen (secondary N) is 1. The minimum atomic E-state index is -0.288. The molecule has 4 aromatic rings. The fourth-order valence-corrected chi connectivity index (χ4v) is 7.08. The third-order valence-corrected chi connectivity index (χ3v) is 9.43. The van der Waals surface area contributed by atoms with Gasteiger partial charge in [0.1, 0.15) is 5.15 Å². The Kier molecular flexibility index (Phi) is 8.11. The lowest BCUT2D eigenvalue weighted by molar-refractivity contribution is 0.0310. The van der Waals surface area contributed by atoms with Crippen molar-refractivity contribution in [2.45, 2.75) is 57.9 Å². The second-order valence-corrected chi connectivity index (χ2v) is 12.1. The Bertz CT molecular complexity index is 1550. The van der Waals surface area contributed by atoms with Crippen LogP contribution in [0.1, 0.15) is 76.8 Å². The molecular formula is C34H36ClN5O2. The van der Waals surface area contributed by atoms with E-state index in [1.54, 1.807) is 18.3 Å². The topological polar surface area (TPSA) is 80.1 Å². The molecule has 3 heterocycles. The van der Waals surface area contributed by atoms with Gasteiger partial charge in [0.25, 0.3) is 11.8 Å². The summed E-state index contributed by atoms with van der Waals surface area (Å²) in [4.78, 5) is 37.4. The van der Waals surface area contributed by atoms with Crippen molar-refractivity contribution >= 4 is 29.1 Å². The molecule has 1 saturated heterocycles. The molecule has 2 aliphatic rings. The van der Waals surface area contributed by atoms with Crippen LogP contribution < -0.4 is 5.32 Å². The Morgan fingerprint density at radius 3 is 2.43 bits per heavy atom. The highest BCUT2D eigenvalue weighted by atomic mass is 35.5. The summed E-state index contributed by atoms with van der Waals surface area (Å²) in [5.41, 5.74) is 4.95. The molecular weight excluding hydrogens is 546 g/mol. The Balaban J connectivity index is 1.23. The Labute approximate surface area is 251 Å². The number of halogens is 1. The van der Waals surface area contributed by atoms with E-state index in [4.69, 9.17) is 11.6 Å². The number of anilines is 1. The van der Waals surface area contributed by atoms with Crippen LogP contribution in [0.25, 0.3) is 5.69 Å². The molecule has 0 spiro atoms. The van der Waals surface area contributed by atoms with E-state index in [2.05, 4.69) is 51.4 Å². The molecule has 2 aromatic carbocycles. The van der Waals surface area contributed by atoms with Crippen LogP contribution in [0.5, 0.6) is 0 Å². The van der Waals surface area contributed by atoms with E-state index in [1.807, 2.05) is 42.2 Å². The van der Waals surface area contributed by atoms with Crippen LogP contribution in [0.4, 0.5) is 5.69 Å². The van der Waals surface area contributed by atoms with E-state index in [-0.39, 0.29) is 17.9 Å². The number of benzene rings is 2. The monoisotopic (exact) mass is 581 g/mol. The second-order valence-electron chi connectivity index (χ2n) is 11.7. The third kappa shape index (κ3) is 5.71. The summed E-state index contributed by atoms with van der Waals surface area (Å²) in [6.45, 7) is 4.97. The number of carbonyl (C=O) groups excluding carboxylic acids is 2. The molecule has 216 valence electrons. The number of aromatic nitrogens is 3. The summed E-state index contributed by atoms with van der Waals surface area (Å²) in [7, 11) is 0. The van der Waals surface area contributed by atoms with Crippen LogP contribution >= 0.6 is 11.6 Å². The Hall–Kier alpha value is -3.97. The lowest BCUT2D eigenvalue weighted by atomic mass is 9.72. The number of rotatable bonds is 6. The highest BCUT2D eigenvalue weighted by Gasteiger charge is 2.43. The smallest absolute Gasteiger partial charge is 0.257 e. The van der Waals surface area contributed by atoms with Crippen LogP contribution in [-0.4, -0.2) is 43.8 Å². The molecule has 3 atom stereocenters. The molecule has 1 unspecified atom stereocenters. The van der Waals surface area contributed by atoms with Crippen LogP contribution in [0.2, 0.25) is 5.15 Å². The summed E-state index contributed by atoms with van der Waals surface area (Å²) < 4.78 is 2.01. The van der Waals surface area contributed by atoms with Crippen molar-refractivity contribution in [3.63, 3.8) is 0 Å². The lowest BCUT2D eigenvalue weighted by Crippen LogP contribution is -2.53.